The molecule has 1 rings (SSSR count). The molecule has 0 bridgehead atoms. The fourth-order valence-electron chi connectivity index (χ4n) is 1.30. The van der Waals surface area contributed by atoms with E-state index in [1.165, 1.54) is 0 Å². The molecule has 0 aliphatic carbocycles. The number of nitrogens with one attached hydrogen (secondary N) is 1. The Morgan fingerprint density at radius 2 is 2.00 bits per heavy atom. The number of hydrogen-bond donors (Lipinski definition) is 2. The zero-order valence-electron chi connectivity index (χ0n) is 9.31. The first-order chi connectivity index (χ1) is 7.83. The van der Waals surface area contributed by atoms with Crippen molar-refractivity contribution in [3.63, 3.8) is 0 Å². The van der Waals surface area contributed by atoms with Crippen molar-refractivity contribution in [2.24, 2.45) is 0 Å². The third kappa shape index (κ3) is 3.89. The average Bonchev–Trinajstić information content (AvgIpc) is 2.23. The van der Waals surface area contributed by atoms with Gasteiger partial charge in [-0.1, -0.05) is 12.1 Å². The van der Waals surface area contributed by atoms with Crippen molar-refractivity contribution in [1.29, 1.82) is 0 Å². The summed E-state index contributed by atoms with van der Waals surface area (Å²) in [5.41, 5.74) is 7.74. The van der Waals surface area contributed by atoms with Crippen molar-refractivity contribution in [2.45, 2.75) is 25.8 Å². The first kappa shape index (κ1) is 13.8. The molecule has 0 aliphatic rings. The van der Waals surface area contributed by atoms with Gasteiger partial charge < -0.3 is 11.1 Å². The van der Waals surface area contributed by atoms with Crippen LogP contribution >= 0.6 is 0 Å². The van der Waals surface area contributed by atoms with Gasteiger partial charge in [0.15, 0.2) is 0 Å². The summed E-state index contributed by atoms with van der Waals surface area (Å²) in [5.74, 6) is -4.00. The van der Waals surface area contributed by atoms with Gasteiger partial charge in [-0.3, -0.25) is 0 Å². The molecule has 0 aliphatic heterocycles. The highest BCUT2D eigenvalue weighted by molar-refractivity contribution is 5.47. The molecule has 2 nitrogen and oxygen atoms in total. The van der Waals surface area contributed by atoms with Crippen molar-refractivity contribution < 1.29 is 17.6 Å². The van der Waals surface area contributed by atoms with Gasteiger partial charge in [-0.05, 0) is 24.1 Å². The summed E-state index contributed by atoms with van der Waals surface area (Å²) in [7, 11) is 0. The van der Waals surface area contributed by atoms with E-state index in [-0.39, 0.29) is 6.54 Å². The Hall–Kier alpha value is -1.30. The lowest BCUT2D eigenvalue weighted by Gasteiger charge is -2.16. The maximum absolute atomic E-state index is 12.6. The maximum atomic E-state index is 12.6. The van der Waals surface area contributed by atoms with Gasteiger partial charge in [0, 0.05) is 12.2 Å². The minimum Gasteiger partial charge on any atom is -0.399 e. The third-order valence-electron chi connectivity index (χ3n) is 2.34. The topological polar surface area (TPSA) is 38.0 Å². The fraction of sp³-hybridized carbons (Fsp3) is 0.455. The molecule has 0 saturated heterocycles. The summed E-state index contributed by atoms with van der Waals surface area (Å²) >= 11 is 0. The van der Waals surface area contributed by atoms with E-state index in [0.29, 0.717) is 5.69 Å². The number of halogens is 4. The minimum atomic E-state index is -4.00. The van der Waals surface area contributed by atoms with E-state index in [4.69, 9.17) is 5.73 Å². The molecular weight excluding hydrogens is 236 g/mol. The van der Waals surface area contributed by atoms with Crippen LogP contribution in [0.4, 0.5) is 23.2 Å². The molecule has 0 aromatic heterocycles. The summed E-state index contributed by atoms with van der Waals surface area (Å²) in [6.45, 7) is 0.837. The second kappa shape index (κ2) is 5.35. The number of anilines is 1. The monoisotopic (exact) mass is 250 g/mol. The molecule has 3 N–H and O–H groups in total. The molecular formula is C11H14F4N2. The molecule has 0 saturated carbocycles. The summed E-state index contributed by atoms with van der Waals surface area (Å²) in [4.78, 5) is 0. The molecule has 96 valence electrons. The zero-order valence-corrected chi connectivity index (χ0v) is 9.31. The average molecular weight is 250 g/mol. The molecule has 0 radical (unpaired) electrons. The van der Waals surface area contributed by atoms with Crippen molar-refractivity contribution in [1.82, 2.24) is 5.32 Å². The summed E-state index contributed by atoms with van der Waals surface area (Å²) in [6.07, 6.45) is -3.65. The second-order valence-electron chi connectivity index (χ2n) is 3.86. The van der Waals surface area contributed by atoms with E-state index in [0.717, 1.165) is 11.1 Å². The van der Waals surface area contributed by atoms with Gasteiger partial charge in [0.1, 0.15) is 0 Å². The van der Waals surface area contributed by atoms with Crippen LogP contribution in [0.15, 0.2) is 18.2 Å². The molecule has 6 heteroatoms. The fourth-order valence-corrected chi connectivity index (χ4v) is 1.30. The predicted molar refractivity (Wildman–Crippen MR) is 58.2 cm³/mol. The van der Waals surface area contributed by atoms with Crippen LogP contribution < -0.4 is 11.1 Å². The Bertz CT molecular complexity index is 380. The lowest BCUT2D eigenvalue weighted by molar-refractivity contribution is -0.125. The lowest BCUT2D eigenvalue weighted by Crippen LogP contribution is -2.38. The minimum absolute atomic E-state index is 0.101. The van der Waals surface area contributed by atoms with Gasteiger partial charge in [-0.15, -0.1) is 0 Å². The summed E-state index contributed by atoms with van der Waals surface area (Å²) < 4.78 is 48.8. The van der Waals surface area contributed by atoms with E-state index >= 15 is 0 Å². The van der Waals surface area contributed by atoms with Crippen LogP contribution in [-0.2, 0) is 6.54 Å². The number of rotatable bonds is 5. The summed E-state index contributed by atoms with van der Waals surface area (Å²) in [6, 6.07) is 5.04. The van der Waals surface area contributed by atoms with Crippen molar-refractivity contribution in [3.8, 4) is 0 Å². The standard InChI is InChI=1S/C11H14F4N2/c1-7-4-8(2-3-9(7)16)5-17-6-11(14,15)10(12)13/h2-4,10,17H,5-6,16H2,1H3. The molecule has 1 aromatic carbocycles. The third-order valence-corrected chi connectivity index (χ3v) is 2.34. The largest absolute Gasteiger partial charge is 0.399 e. The summed E-state index contributed by atoms with van der Waals surface area (Å²) in [5, 5.41) is 2.30. The maximum Gasteiger partial charge on any atom is 0.319 e. The van der Waals surface area contributed by atoms with Gasteiger partial charge in [0.2, 0.25) is 0 Å². The Labute approximate surface area is 96.8 Å². The Kier molecular flexibility index (Phi) is 4.34. The van der Waals surface area contributed by atoms with E-state index in [9.17, 15) is 17.6 Å². The van der Waals surface area contributed by atoms with Crippen LogP contribution in [0.1, 0.15) is 11.1 Å². The number of aryl methyl sites for hydroxylation is 1. The quantitative estimate of drug-likeness (QED) is 0.622. The number of nitrogens with two attached hydrogens (primary N) is 1. The molecule has 17 heavy (non-hydrogen) atoms. The smallest absolute Gasteiger partial charge is 0.319 e. The first-order valence-electron chi connectivity index (χ1n) is 5.04. The van der Waals surface area contributed by atoms with Gasteiger partial charge in [0.05, 0.1) is 6.54 Å². The van der Waals surface area contributed by atoms with Crippen LogP contribution in [0.25, 0.3) is 0 Å². The molecule has 1 aromatic rings. The van der Waals surface area contributed by atoms with Gasteiger partial charge in [-0.25, -0.2) is 8.78 Å². The van der Waals surface area contributed by atoms with Gasteiger partial charge >= 0.3 is 12.3 Å². The Morgan fingerprint density at radius 3 is 2.53 bits per heavy atom. The normalized spacial score (nSPS) is 12.1. The van der Waals surface area contributed by atoms with Crippen LogP contribution in [-0.4, -0.2) is 18.9 Å². The number of hydrogen-bond acceptors (Lipinski definition) is 2. The van der Waals surface area contributed by atoms with E-state index in [2.05, 4.69) is 5.32 Å². The number of alkyl halides is 4. The Morgan fingerprint density at radius 1 is 1.35 bits per heavy atom. The molecule has 0 fully saturated rings. The van der Waals surface area contributed by atoms with Gasteiger partial charge in [-0.2, -0.15) is 8.78 Å². The van der Waals surface area contributed by atoms with Crippen molar-refractivity contribution in [2.75, 3.05) is 12.3 Å². The first-order valence-corrected chi connectivity index (χ1v) is 5.04. The number of nitrogen functional groups attached to an aromatic ring is 1. The molecule has 0 amide bonds. The number of benzene rings is 1. The SMILES string of the molecule is Cc1cc(CNCC(F)(F)C(F)F)ccc1N. The van der Waals surface area contributed by atoms with Crippen LogP contribution in [0.5, 0.6) is 0 Å². The van der Waals surface area contributed by atoms with Crippen molar-refractivity contribution in [3.05, 3.63) is 29.3 Å². The zero-order chi connectivity index (χ0) is 13.1. The molecule has 0 unspecified atom stereocenters. The van der Waals surface area contributed by atoms with Crippen LogP contribution in [0, 0.1) is 6.92 Å². The van der Waals surface area contributed by atoms with Crippen LogP contribution in [0.3, 0.4) is 0 Å². The highest BCUT2D eigenvalue weighted by Crippen LogP contribution is 2.21. The van der Waals surface area contributed by atoms with Crippen LogP contribution in [0.2, 0.25) is 0 Å². The van der Waals surface area contributed by atoms with E-state index < -0.39 is 18.9 Å². The highest BCUT2D eigenvalue weighted by Gasteiger charge is 2.39. The van der Waals surface area contributed by atoms with E-state index in [1.54, 1.807) is 25.1 Å². The highest BCUT2D eigenvalue weighted by atomic mass is 19.3. The lowest BCUT2D eigenvalue weighted by atomic mass is 10.1. The molecule has 0 heterocycles. The van der Waals surface area contributed by atoms with E-state index in [1.807, 2.05) is 0 Å². The van der Waals surface area contributed by atoms with Crippen molar-refractivity contribution >= 4 is 5.69 Å². The van der Waals surface area contributed by atoms with Gasteiger partial charge in [0.25, 0.3) is 0 Å². The Balaban J connectivity index is 2.49. The second-order valence-corrected chi connectivity index (χ2v) is 3.86. The molecule has 0 spiro atoms. The molecule has 0 atom stereocenters. The predicted octanol–water partition coefficient (Wildman–Crippen LogP) is 2.57.